The van der Waals surface area contributed by atoms with Crippen LogP contribution in [0.1, 0.15) is 31.4 Å². The molecule has 0 unspecified atom stereocenters. The van der Waals surface area contributed by atoms with E-state index in [2.05, 4.69) is 55.7 Å². The third-order valence-electron chi connectivity index (χ3n) is 3.26. The van der Waals surface area contributed by atoms with E-state index in [4.69, 9.17) is 0 Å². The van der Waals surface area contributed by atoms with Crippen molar-refractivity contribution in [3.63, 3.8) is 0 Å². The molecule has 1 N–H and O–H groups in total. The first-order valence-electron chi connectivity index (χ1n) is 6.45. The fourth-order valence-electron chi connectivity index (χ4n) is 2.16. The summed E-state index contributed by atoms with van der Waals surface area (Å²) in [5.41, 5.74) is 5.69. The van der Waals surface area contributed by atoms with E-state index in [1.165, 1.54) is 22.3 Å². The second kappa shape index (κ2) is 5.72. The lowest BCUT2D eigenvalue weighted by Gasteiger charge is -2.13. The fraction of sp³-hybridized carbons (Fsp3) is 0.375. The van der Waals surface area contributed by atoms with Gasteiger partial charge in [-0.3, -0.25) is 0 Å². The van der Waals surface area contributed by atoms with Gasteiger partial charge in [-0.25, -0.2) is 0 Å². The van der Waals surface area contributed by atoms with Crippen LogP contribution in [0.3, 0.4) is 0 Å². The van der Waals surface area contributed by atoms with Crippen LogP contribution >= 0.6 is 0 Å². The Kier molecular flexibility index (Phi) is 4.03. The van der Waals surface area contributed by atoms with Crippen molar-refractivity contribution in [1.29, 1.82) is 0 Å². The predicted molar refractivity (Wildman–Crippen MR) is 74.0 cm³/mol. The number of aryl methyl sites for hydroxylation is 2. The van der Waals surface area contributed by atoms with E-state index in [0.29, 0.717) is 0 Å². The Labute approximate surface area is 104 Å². The standard InChI is InChI=1S/C16H21N/c1-3-14-4-6-15(7-5-14)8-9-16-10-13(2)11-17-12-16/h4-7,10-11,17H,3,8-9,12H2,1-2H3. The van der Waals surface area contributed by atoms with E-state index in [1.54, 1.807) is 0 Å². The van der Waals surface area contributed by atoms with Gasteiger partial charge >= 0.3 is 0 Å². The van der Waals surface area contributed by atoms with E-state index < -0.39 is 0 Å². The van der Waals surface area contributed by atoms with Gasteiger partial charge in [0, 0.05) is 6.54 Å². The number of rotatable bonds is 4. The molecule has 1 aliphatic heterocycles. The van der Waals surface area contributed by atoms with Crippen LogP contribution in [0.15, 0.2) is 47.7 Å². The van der Waals surface area contributed by atoms with E-state index >= 15 is 0 Å². The number of dihydropyridines is 1. The van der Waals surface area contributed by atoms with Gasteiger partial charge in [-0.1, -0.05) is 42.8 Å². The van der Waals surface area contributed by atoms with E-state index in [-0.39, 0.29) is 0 Å². The molecule has 0 spiro atoms. The summed E-state index contributed by atoms with van der Waals surface area (Å²) in [6.45, 7) is 5.34. The molecule has 1 aliphatic rings. The van der Waals surface area contributed by atoms with Crippen molar-refractivity contribution in [2.75, 3.05) is 6.54 Å². The Hall–Kier alpha value is -1.50. The Bertz CT molecular complexity index is 423. The minimum Gasteiger partial charge on any atom is -0.387 e. The summed E-state index contributed by atoms with van der Waals surface area (Å²) in [6, 6.07) is 9.01. The molecule has 17 heavy (non-hydrogen) atoms. The van der Waals surface area contributed by atoms with Crippen molar-refractivity contribution in [1.82, 2.24) is 5.32 Å². The molecule has 1 nitrogen and oxygen atoms in total. The molecule has 1 heteroatoms. The second-order valence-electron chi connectivity index (χ2n) is 4.74. The Balaban J connectivity index is 1.91. The van der Waals surface area contributed by atoms with Gasteiger partial charge < -0.3 is 5.32 Å². The van der Waals surface area contributed by atoms with Crippen LogP contribution in [-0.2, 0) is 12.8 Å². The molecule has 1 aromatic carbocycles. The molecule has 0 aromatic heterocycles. The fourth-order valence-corrected chi connectivity index (χ4v) is 2.16. The van der Waals surface area contributed by atoms with Gasteiger partial charge in [0.2, 0.25) is 0 Å². The lowest BCUT2D eigenvalue weighted by molar-refractivity contribution is 0.821. The maximum Gasteiger partial charge on any atom is 0.0358 e. The van der Waals surface area contributed by atoms with E-state index in [9.17, 15) is 0 Å². The first-order valence-corrected chi connectivity index (χ1v) is 6.45. The van der Waals surface area contributed by atoms with Gasteiger partial charge in [0.05, 0.1) is 0 Å². The van der Waals surface area contributed by atoms with Crippen LogP contribution in [0.2, 0.25) is 0 Å². The third kappa shape index (κ3) is 3.48. The predicted octanol–water partition coefficient (Wildman–Crippen LogP) is 3.62. The molecular weight excluding hydrogens is 206 g/mol. The molecule has 0 radical (unpaired) electrons. The Morgan fingerprint density at radius 3 is 2.41 bits per heavy atom. The smallest absolute Gasteiger partial charge is 0.0358 e. The first-order chi connectivity index (χ1) is 8.28. The summed E-state index contributed by atoms with van der Waals surface area (Å²) in [4.78, 5) is 0. The normalized spacial score (nSPS) is 14.9. The lowest BCUT2D eigenvalue weighted by atomic mass is 10.0. The van der Waals surface area contributed by atoms with E-state index in [0.717, 1.165) is 25.8 Å². The summed E-state index contributed by atoms with van der Waals surface area (Å²) in [6.07, 6.45) is 7.81. The van der Waals surface area contributed by atoms with Crippen LogP contribution in [-0.4, -0.2) is 6.54 Å². The molecule has 2 rings (SSSR count). The highest BCUT2D eigenvalue weighted by molar-refractivity contribution is 5.28. The molecule has 0 atom stereocenters. The van der Waals surface area contributed by atoms with Gasteiger partial charge in [0.1, 0.15) is 0 Å². The number of allylic oxidation sites excluding steroid dienone is 2. The van der Waals surface area contributed by atoms with Crippen LogP contribution in [0, 0.1) is 0 Å². The first kappa shape index (κ1) is 12.0. The molecule has 0 aliphatic carbocycles. The molecule has 90 valence electrons. The zero-order valence-corrected chi connectivity index (χ0v) is 10.8. The van der Waals surface area contributed by atoms with Crippen LogP contribution in [0.4, 0.5) is 0 Å². The summed E-state index contributed by atoms with van der Waals surface area (Å²) < 4.78 is 0. The zero-order valence-electron chi connectivity index (χ0n) is 10.8. The average molecular weight is 227 g/mol. The maximum atomic E-state index is 3.31. The third-order valence-corrected chi connectivity index (χ3v) is 3.26. The minimum absolute atomic E-state index is 1.00. The zero-order chi connectivity index (χ0) is 12.1. The Morgan fingerprint density at radius 1 is 1.06 bits per heavy atom. The van der Waals surface area contributed by atoms with Gasteiger partial charge in [-0.05, 0) is 49.1 Å². The van der Waals surface area contributed by atoms with Crippen LogP contribution < -0.4 is 5.32 Å². The SMILES string of the molecule is CCc1ccc(CCC2=CC(C)=CNC2)cc1. The molecule has 0 bridgehead atoms. The van der Waals surface area contributed by atoms with Crippen molar-refractivity contribution in [2.45, 2.75) is 33.1 Å². The summed E-state index contributed by atoms with van der Waals surface area (Å²) >= 11 is 0. The molecule has 1 aromatic rings. The largest absolute Gasteiger partial charge is 0.387 e. The van der Waals surface area contributed by atoms with Crippen molar-refractivity contribution in [3.8, 4) is 0 Å². The highest BCUT2D eigenvalue weighted by Gasteiger charge is 2.02. The maximum absolute atomic E-state index is 3.31. The summed E-state index contributed by atoms with van der Waals surface area (Å²) in [5, 5.41) is 3.31. The monoisotopic (exact) mass is 227 g/mol. The summed E-state index contributed by atoms with van der Waals surface area (Å²) in [7, 11) is 0. The highest BCUT2D eigenvalue weighted by atomic mass is 14.8. The van der Waals surface area contributed by atoms with Crippen molar-refractivity contribution in [2.24, 2.45) is 0 Å². The highest BCUT2D eigenvalue weighted by Crippen LogP contribution is 2.14. The van der Waals surface area contributed by atoms with Crippen molar-refractivity contribution >= 4 is 0 Å². The van der Waals surface area contributed by atoms with Gasteiger partial charge in [-0.15, -0.1) is 0 Å². The van der Waals surface area contributed by atoms with E-state index in [1.807, 2.05) is 0 Å². The van der Waals surface area contributed by atoms with Crippen molar-refractivity contribution in [3.05, 3.63) is 58.8 Å². The quantitative estimate of drug-likeness (QED) is 0.828. The number of hydrogen-bond donors (Lipinski definition) is 1. The minimum atomic E-state index is 1.00. The molecule has 0 fully saturated rings. The summed E-state index contributed by atoms with van der Waals surface area (Å²) in [5.74, 6) is 0. The van der Waals surface area contributed by atoms with Crippen molar-refractivity contribution < 1.29 is 0 Å². The van der Waals surface area contributed by atoms with Crippen LogP contribution in [0.25, 0.3) is 0 Å². The van der Waals surface area contributed by atoms with Gasteiger partial charge in [-0.2, -0.15) is 0 Å². The molecule has 0 amide bonds. The van der Waals surface area contributed by atoms with Gasteiger partial charge in [0.15, 0.2) is 0 Å². The second-order valence-corrected chi connectivity index (χ2v) is 4.74. The Morgan fingerprint density at radius 2 is 1.76 bits per heavy atom. The average Bonchev–Trinajstić information content (AvgIpc) is 2.37. The molecule has 1 heterocycles. The molecule has 0 saturated carbocycles. The molecule has 0 saturated heterocycles. The number of nitrogens with one attached hydrogen (secondary N) is 1. The lowest BCUT2D eigenvalue weighted by Crippen LogP contribution is -2.14. The topological polar surface area (TPSA) is 12.0 Å². The number of benzene rings is 1. The molecular formula is C16H21N. The van der Waals surface area contributed by atoms with Gasteiger partial charge in [0.25, 0.3) is 0 Å². The van der Waals surface area contributed by atoms with Crippen LogP contribution in [0.5, 0.6) is 0 Å². The number of hydrogen-bond acceptors (Lipinski definition) is 1.